The van der Waals surface area contributed by atoms with Gasteiger partial charge in [0.25, 0.3) is 0 Å². The summed E-state index contributed by atoms with van der Waals surface area (Å²) in [6.07, 6.45) is 6.97. The Morgan fingerprint density at radius 1 is 1.28 bits per heavy atom. The lowest BCUT2D eigenvalue weighted by Crippen LogP contribution is -2.62. The number of hydrogen-bond acceptors (Lipinski definition) is 2. The number of nitrogens with one attached hydrogen (secondary N) is 1. The smallest absolute Gasteiger partial charge is 0.245 e. The summed E-state index contributed by atoms with van der Waals surface area (Å²) in [6, 6.07) is -0.612. The summed E-state index contributed by atoms with van der Waals surface area (Å²) in [7, 11) is 0. The summed E-state index contributed by atoms with van der Waals surface area (Å²) in [5.74, 6) is 0.852. The molecule has 1 aliphatic carbocycles. The molecule has 2 unspecified atom stereocenters. The fourth-order valence-electron chi connectivity index (χ4n) is 3.09. The van der Waals surface area contributed by atoms with E-state index in [2.05, 4.69) is 5.32 Å². The molecule has 1 aliphatic heterocycles. The Hall–Kier alpha value is -1.06. The Kier molecular flexibility index (Phi) is 4.25. The van der Waals surface area contributed by atoms with Crippen LogP contribution in [0.1, 0.15) is 52.4 Å². The molecule has 0 spiro atoms. The fourth-order valence-corrected chi connectivity index (χ4v) is 3.09. The van der Waals surface area contributed by atoms with Gasteiger partial charge in [0.05, 0.1) is 0 Å². The molecule has 1 heterocycles. The summed E-state index contributed by atoms with van der Waals surface area (Å²) in [6.45, 7) is 4.51. The van der Waals surface area contributed by atoms with Crippen LogP contribution in [0, 0.1) is 5.92 Å². The van der Waals surface area contributed by atoms with Crippen molar-refractivity contribution in [3.8, 4) is 0 Å². The zero-order chi connectivity index (χ0) is 13.1. The van der Waals surface area contributed by atoms with Crippen LogP contribution in [0.2, 0.25) is 0 Å². The van der Waals surface area contributed by atoms with Gasteiger partial charge >= 0.3 is 0 Å². The van der Waals surface area contributed by atoms with Crippen LogP contribution in [-0.4, -0.2) is 35.3 Å². The standard InChI is InChI=1S/C14H24N2O2/c1-3-12-14(18)16(10(2)13(17)15-12)9-8-11-6-4-5-7-11/h10-12H,3-9H2,1-2H3,(H,15,17). The maximum Gasteiger partial charge on any atom is 0.245 e. The Morgan fingerprint density at radius 2 is 1.94 bits per heavy atom. The number of rotatable bonds is 4. The van der Waals surface area contributed by atoms with Gasteiger partial charge in [-0.2, -0.15) is 0 Å². The zero-order valence-corrected chi connectivity index (χ0v) is 11.4. The SMILES string of the molecule is CCC1NC(=O)C(C)N(CCC2CCCC2)C1=O. The van der Waals surface area contributed by atoms with E-state index >= 15 is 0 Å². The predicted molar refractivity (Wildman–Crippen MR) is 70.0 cm³/mol. The topological polar surface area (TPSA) is 49.4 Å². The third-order valence-electron chi connectivity index (χ3n) is 4.41. The molecule has 102 valence electrons. The van der Waals surface area contributed by atoms with E-state index in [1.807, 2.05) is 13.8 Å². The van der Waals surface area contributed by atoms with Gasteiger partial charge in [0, 0.05) is 6.54 Å². The summed E-state index contributed by atoms with van der Waals surface area (Å²) in [5.41, 5.74) is 0. The van der Waals surface area contributed by atoms with Crippen LogP contribution in [0.15, 0.2) is 0 Å². The Labute approximate surface area is 109 Å². The molecular formula is C14H24N2O2. The van der Waals surface area contributed by atoms with E-state index in [4.69, 9.17) is 0 Å². The Morgan fingerprint density at radius 3 is 2.56 bits per heavy atom. The van der Waals surface area contributed by atoms with Crippen molar-refractivity contribution in [2.45, 2.75) is 64.5 Å². The van der Waals surface area contributed by atoms with Crippen LogP contribution in [0.5, 0.6) is 0 Å². The highest BCUT2D eigenvalue weighted by molar-refractivity contribution is 5.96. The lowest BCUT2D eigenvalue weighted by Gasteiger charge is -2.37. The van der Waals surface area contributed by atoms with E-state index in [0.29, 0.717) is 6.42 Å². The van der Waals surface area contributed by atoms with Crippen LogP contribution in [0.3, 0.4) is 0 Å². The first-order valence-electron chi connectivity index (χ1n) is 7.24. The van der Waals surface area contributed by atoms with Gasteiger partial charge in [-0.25, -0.2) is 0 Å². The number of hydrogen-bond donors (Lipinski definition) is 1. The zero-order valence-electron chi connectivity index (χ0n) is 11.4. The van der Waals surface area contributed by atoms with Crippen LogP contribution in [0.25, 0.3) is 0 Å². The van der Waals surface area contributed by atoms with E-state index in [0.717, 1.165) is 18.9 Å². The minimum Gasteiger partial charge on any atom is -0.343 e. The van der Waals surface area contributed by atoms with E-state index in [1.165, 1.54) is 25.7 Å². The van der Waals surface area contributed by atoms with Crippen molar-refractivity contribution in [3.63, 3.8) is 0 Å². The number of carbonyl (C=O) groups is 2. The maximum atomic E-state index is 12.2. The van der Waals surface area contributed by atoms with E-state index < -0.39 is 0 Å². The van der Waals surface area contributed by atoms with Crippen molar-refractivity contribution in [2.24, 2.45) is 5.92 Å². The number of carbonyl (C=O) groups excluding carboxylic acids is 2. The number of piperazine rings is 1. The highest BCUT2D eigenvalue weighted by Gasteiger charge is 2.37. The summed E-state index contributed by atoms with van der Waals surface area (Å²) in [5, 5.41) is 2.79. The van der Waals surface area contributed by atoms with Crippen LogP contribution in [-0.2, 0) is 9.59 Å². The molecule has 0 radical (unpaired) electrons. The molecule has 0 aromatic carbocycles. The molecule has 0 aromatic rings. The van der Waals surface area contributed by atoms with Crippen molar-refractivity contribution in [1.29, 1.82) is 0 Å². The van der Waals surface area contributed by atoms with Gasteiger partial charge in [0.2, 0.25) is 11.8 Å². The lowest BCUT2D eigenvalue weighted by molar-refractivity contribution is -0.148. The average Bonchev–Trinajstić information content (AvgIpc) is 2.87. The molecule has 2 rings (SSSR count). The minimum atomic E-state index is -0.308. The second-order valence-electron chi connectivity index (χ2n) is 5.62. The van der Waals surface area contributed by atoms with Gasteiger partial charge in [0.15, 0.2) is 0 Å². The largest absolute Gasteiger partial charge is 0.343 e. The number of nitrogens with zero attached hydrogens (tertiary/aromatic N) is 1. The predicted octanol–water partition coefficient (Wildman–Crippen LogP) is 1.69. The first-order chi connectivity index (χ1) is 8.63. The second-order valence-corrected chi connectivity index (χ2v) is 5.62. The molecule has 1 saturated carbocycles. The van der Waals surface area contributed by atoms with Gasteiger partial charge < -0.3 is 10.2 Å². The van der Waals surface area contributed by atoms with E-state index in [9.17, 15) is 9.59 Å². The Balaban J connectivity index is 1.94. The van der Waals surface area contributed by atoms with Crippen LogP contribution in [0.4, 0.5) is 0 Å². The van der Waals surface area contributed by atoms with Crippen LogP contribution < -0.4 is 5.32 Å². The minimum absolute atomic E-state index is 0.00660. The normalized spacial score (nSPS) is 29.8. The number of amides is 2. The molecule has 2 fully saturated rings. The van der Waals surface area contributed by atoms with Gasteiger partial charge in [-0.15, -0.1) is 0 Å². The monoisotopic (exact) mass is 252 g/mol. The highest BCUT2D eigenvalue weighted by atomic mass is 16.2. The van der Waals surface area contributed by atoms with Gasteiger partial charge in [-0.1, -0.05) is 32.6 Å². The van der Waals surface area contributed by atoms with Crippen molar-refractivity contribution in [3.05, 3.63) is 0 Å². The van der Waals surface area contributed by atoms with Crippen molar-refractivity contribution < 1.29 is 9.59 Å². The molecule has 4 heteroatoms. The fraction of sp³-hybridized carbons (Fsp3) is 0.857. The molecule has 18 heavy (non-hydrogen) atoms. The van der Waals surface area contributed by atoms with E-state index in [1.54, 1.807) is 4.90 Å². The van der Waals surface area contributed by atoms with Crippen molar-refractivity contribution in [1.82, 2.24) is 10.2 Å². The first-order valence-corrected chi connectivity index (χ1v) is 7.24. The van der Waals surface area contributed by atoms with E-state index in [-0.39, 0.29) is 23.9 Å². The molecule has 4 nitrogen and oxygen atoms in total. The van der Waals surface area contributed by atoms with Gasteiger partial charge in [-0.3, -0.25) is 9.59 Å². The summed E-state index contributed by atoms with van der Waals surface area (Å²) in [4.78, 5) is 25.8. The van der Waals surface area contributed by atoms with Crippen molar-refractivity contribution >= 4 is 11.8 Å². The quantitative estimate of drug-likeness (QED) is 0.827. The average molecular weight is 252 g/mol. The molecule has 1 saturated heterocycles. The summed E-state index contributed by atoms with van der Waals surface area (Å²) >= 11 is 0. The molecule has 2 amide bonds. The summed E-state index contributed by atoms with van der Waals surface area (Å²) < 4.78 is 0. The lowest BCUT2D eigenvalue weighted by atomic mass is 10.0. The first kappa shape index (κ1) is 13.4. The third kappa shape index (κ3) is 2.68. The second kappa shape index (κ2) is 5.72. The molecule has 0 aromatic heterocycles. The van der Waals surface area contributed by atoms with Crippen LogP contribution >= 0.6 is 0 Å². The van der Waals surface area contributed by atoms with Gasteiger partial charge in [0.1, 0.15) is 12.1 Å². The Bertz CT molecular complexity index is 324. The molecular weight excluding hydrogens is 228 g/mol. The molecule has 0 bridgehead atoms. The molecule has 1 N–H and O–H groups in total. The molecule has 2 aliphatic rings. The molecule has 2 atom stereocenters. The highest BCUT2D eigenvalue weighted by Crippen LogP contribution is 2.28. The maximum absolute atomic E-state index is 12.2. The van der Waals surface area contributed by atoms with Crippen molar-refractivity contribution in [2.75, 3.05) is 6.54 Å². The third-order valence-corrected chi connectivity index (χ3v) is 4.41. The van der Waals surface area contributed by atoms with Gasteiger partial charge in [-0.05, 0) is 25.7 Å².